The zero-order valence-corrected chi connectivity index (χ0v) is 17.1. The third-order valence-electron chi connectivity index (χ3n) is 4.04. The largest absolute Gasteiger partial charge is 0.457 e. The molecule has 0 bridgehead atoms. The smallest absolute Gasteiger partial charge is 0.335 e. The van der Waals surface area contributed by atoms with Gasteiger partial charge in [0, 0.05) is 29.4 Å². The predicted octanol–water partition coefficient (Wildman–Crippen LogP) is 5.31. The van der Waals surface area contributed by atoms with E-state index in [4.69, 9.17) is 4.74 Å². The van der Waals surface area contributed by atoms with Gasteiger partial charge in [0.1, 0.15) is 5.60 Å². The van der Waals surface area contributed by atoms with Gasteiger partial charge in [0.2, 0.25) is 0 Å². The summed E-state index contributed by atoms with van der Waals surface area (Å²) >= 11 is 0. The van der Waals surface area contributed by atoms with Crippen molar-refractivity contribution in [2.45, 2.75) is 59.0 Å². The highest BCUT2D eigenvalue weighted by atomic mass is 16.6. The summed E-state index contributed by atoms with van der Waals surface area (Å²) in [7, 11) is 0. The Morgan fingerprint density at radius 3 is 2.11 bits per heavy atom. The third kappa shape index (κ3) is 6.24. The normalized spacial score (nSPS) is 12.7. The molecule has 0 aliphatic carbocycles. The number of aromatic nitrogens is 1. The maximum absolute atomic E-state index is 12.8. The average Bonchev–Trinajstić information content (AvgIpc) is 3.05. The van der Waals surface area contributed by atoms with E-state index in [-0.39, 0.29) is 17.6 Å². The van der Waals surface area contributed by atoms with Crippen LogP contribution in [0.5, 0.6) is 0 Å². The van der Waals surface area contributed by atoms with Crippen LogP contribution in [0.4, 0.5) is 0 Å². The predicted molar refractivity (Wildman–Crippen MR) is 109 cm³/mol. The minimum absolute atomic E-state index is 0.0111. The van der Waals surface area contributed by atoms with Gasteiger partial charge in [0.15, 0.2) is 5.78 Å². The summed E-state index contributed by atoms with van der Waals surface area (Å²) in [5.41, 5.74) is 2.24. The quantitative estimate of drug-likeness (QED) is 0.442. The van der Waals surface area contributed by atoms with Crippen LogP contribution in [0.3, 0.4) is 0 Å². The number of esters is 1. The maximum Gasteiger partial charge on any atom is 0.335 e. The molecule has 0 radical (unpaired) electrons. The molecular weight excluding hydrogens is 338 g/mol. The summed E-state index contributed by atoms with van der Waals surface area (Å²) in [6.07, 6.45) is 3.43. The van der Waals surface area contributed by atoms with E-state index in [9.17, 15) is 9.59 Å². The Labute approximate surface area is 161 Å². The van der Waals surface area contributed by atoms with Crippen molar-refractivity contribution >= 4 is 17.8 Å². The Hall–Kier alpha value is -2.62. The van der Waals surface area contributed by atoms with Crippen molar-refractivity contribution < 1.29 is 14.3 Å². The molecule has 4 heteroatoms. The Morgan fingerprint density at radius 2 is 1.63 bits per heavy atom. The van der Waals surface area contributed by atoms with E-state index in [2.05, 4.69) is 25.8 Å². The third-order valence-corrected chi connectivity index (χ3v) is 4.04. The molecule has 2 aromatic rings. The molecule has 27 heavy (non-hydrogen) atoms. The van der Waals surface area contributed by atoms with Crippen molar-refractivity contribution in [2.75, 3.05) is 0 Å². The van der Waals surface area contributed by atoms with E-state index in [1.54, 1.807) is 12.3 Å². The molecule has 1 N–H and O–H groups in total. The molecule has 0 spiro atoms. The molecule has 1 aromatic carbocycles. The molecule has 1 heterocycles. The van der Waals surface area contributed by atoms with E-state index in [0.29, 0.717) is 11.1 Å². The lowest BCUT2D eigenvalue weighted by Crippen LogP contribution is -2.25. The van der Waals surface area contributed by atoms with Gasteiger partial charge in [-0.3, -0.25) is 4.79 Å². The van der Waals surface area contributed by atoms with Crippen LogP contribution in [-0.2, 0) is 14.9 Å². The van der Waals surface area contributed by atoms with E-state index >= 15 is 0 Å². The van der Waals surface area contributed by atoms with Gasteiger partial charge < -0.3 is 9.72 Å². The van der Waals surface area contributed by atoms with Crippen LogP contribution in [-0.4, -0.2) is 22.3 Å². The maximum atomic E-state index is 12.8. The standard InChI is InChI=1S/C23H29NO3/c1-22(2,3)18-11-9-16(10-12-18)20(25)15-17(14-19-8-7-13-24-19)21(26)27-23(4,5)6/h7-14,24H,15H2,1-6H3. The van der Waals surface area contributed by atoms with Gasteiger partial charge >= 0.3 is 5.97 Å². The second kappa shape index (κ2) is 7.95. The molecule has 1 aromatic heterocycles. The van der Waals surface area contributed by atoms with Crippen LogP contribution in [0.1, 0.15) is 69.6 Å². The van der Waals surface area contributed by atoms with Gasteiger partial charge in [-0.2, -0.15) is 0 Å². The zero-order valence-electron chi connectivity index (χ0n) is 17.1. The molecule has 0 amide bonds. The van der Waals surface area contributed by atoms with Crippen molar-refractivity contribution in [3.8, 4) is 0 Å². The average molecular weight is 367 g/mol. The number of hydrogen-bond acceptors (Lipinski definition) is 3. The molecule has 4 nitrogen and oxygen atoms in total. The molecule has 0 unspecified atom stereocenters. The number of H-pyrrole nitrogens is 1. The van der Waals surface area contributed by atoms with Crippen molar-refractivity contribution in [3.63, 3.8) is 0 Å². The molecular formula is C23H29NO3. The van der Waals surface area contributed by atoms with Crippen LogP contribution in [0, 0.1) is 0 Å². The number of aromatic amines is 1. The molecule has 0 fully saturated rings. The van der Waals surface area contributed by atoms with E-state index in [1.807, 2.05) is 57.2 Å². The van der Waals surface area contributed by atoms with Crippen molar-refractivity contribution in [3.05, 3.63) is 65.0 Å². The molecule has 2 rings (SSSR count). The lowest BCUT2D eigenvalue weighted by molar-refractivity contribution is -0.149. The lowest BCUT2D eigenvalue weighted by Gasteiger charge is -2.21. The van der Waals surface area contributed by atoms with E-state index in [1.165, 1.54) is 0 Å². The first-order valence-electron chi connectivity index (χ1n) is 9.17. The van der Waals surface area contributed by atoms with Crippen molar-refractivity contribution in [1.82, 2.24) is 4.98 Å². The monoisotopic (exact) mass is 367 g/mol. The number of ketones is 1. The van der Waals surface area contributed by atoms with Crippen LogP contribution in [0.15, 0.2) is 48.2 Å². The highest BCUT2D eigenvalue weighted by Gasteiger charge is 2.23. The topological polar surface area (TPSA) is 59.2 Å². The molecule has 0 aliphatic rings. The second-order valence-electron chi connectivity index (χ2n) is 8.72. The minimum Gasteiger partial charge on any atom is -0.457 e. The molecule has 0 aliphatic heterocycles. The summed E-state index contributed by atoms with van der Waals surface area (Å²) in [5, 5.41) is 0. The van der Waals surface area contributed by atoms with Crippen LogP contribution >= 0.6 is 0 Å². The number of Topliss-reactive ketones (excluding diaryl/α,β-unsaturated/α-hetero) is 1. The minimum atomic E-state index is -0.622. The van der Waals surface area contributed by atoms with Gasteiger partial charge in [-0.1, -0.05) is 45.0 Å². The van der Waals surface area contributed by atoms with Gasteiger partial charge in [-0.05, 0) is 50.0 Å². The number of nitrogens with one attached hydrogen (secondary N) is 1. The fraction of sp³-hybridized carbons (Fsp3) is 0.391. The van der Waals surface area contributed by atoms with Gasteiger partial charge in [-0.15, -0.1) is 0 Å². The van der Waals surface area contributed by atoms with Crippen molar-refractivity contribution in [2.24, 2.45) is 0 Å². The summed E-state index contributed by atoms with van der Waals surface area (Å²) in [6.45, 7) is 11.8. The number of rotatable bonds is 5. The highest BCUT2D eigenvalue weighted by molar-refractivity contribution is 6.05. The summed E-state index contributed by atoms with van der Waals surface area (Å²) in [6, 6.07) is 11.3. The van der Waals surface area contributed by atoms with Gasteiger partial charge in [0.05, 0.1) is 0 Å². The van der Waals surface area contributed by atoms with Crippen LogP contribution in [0.25, 0.3) is 6.08 Å². The first-order chi connectivity index (χ1) is 12.5. The molecule has 144 valence electrons. The Bertz CT molecular complexity index is 814. The number of hydrogen-bond donors (Lipinski definition) is 1. The first kappa shape index (κ1) is 20.7. The van der Waals surface area contributed by atoms with E-state index < -0.39 is 11.6 Å². The molecule has 0 atom stereocenters. The van der Waals surface area contributed by atoms with E-state index in [0.717, 1.165) is 11.3 Å². The summed E-state index contributed by atoms with van der Waals surface area (Å²) in [5.74, 6) is -0.587. The lowest BCUT2D eigenvalue weighted by atomic mass is 9.86. The van der Waals surface area contributed by atoms with Gasteiger partial charge in [-0.25, -0.2) is 4.79 Å². The first-order valence-corrected chi connectivity index (χ1v) is 9.17. The Balaban J connectivity index is 2.24. The number of carbonyl (C=O) groups excluding carboxylic acids is 2. The second-order valence-corrected chi connectivity index (χ2v) is 8.72. The van der Waals surface area contributed by atoms with Crippen LogP contribution in [0.2, 0.25) is 0 Å². The molecule has 0 saturated heterocycles. The van der Waals surface area contributed by atoms with Crippen molar-refractivity contribution in [1.29, 1.82) is 0 Å². The van der Waals surface area contributed by atoms with Crippen LogP contribution < -0.4 is 0 Å². The Morgan fingerprint density at radius 1 is 1.00 bits per heavy atom. The number of benzene rings is 1. The summed E-state index contributed by atoms with van der Waals surface area (Å²) < 4.78 is 5.48. The summed E-state index contributed by atoms with van der Waals surface area (Å²) in [4.78, 5) is 28.4. The number of carbonyl (C=O) groups is 2. The molecule has 0 saturated carbocycles. The fourth-order valence-electron chi connectivity index (χ4n) is 2.58. The SMILES string of the molecule is CC(C)(C)OC(=O)C(=Cc1ccc[nH]1)CC(=O)c1ccc(C(C)(C)C)cc1. The highest BCUT2D eigenvalue weighted by Crippen LogP contribution is 2.23. The zero-order chi connectivity index (χ0) is 20.2. The fourth-order valence-corrected chi connectivity index (χ4v) is 2.58. The Kier molecular flexibility index (Phi) is 6.09. The number of ether oxygens (including phenoxy) is 1. The van der Waals surface area contributed by atoms with Gasteiger partial charge in [0.25, 0.3) is 0 Å².